The van der Waals surface area contributed by atoms with Crippen molar-refractivity contribution in [2.24, 2.45) is 0 Å². The van der Waals surface area contributed by atoms with Crippen molar-refractivity contribution in [1.82, 2.24) is 9.97 Å². The number of nitrogens with zero attached hydrogens (tertiary/aromatic N) is 2. The van der Waals surface area contributed by atoms with E-state index in [0.717, 1.165) is 33.7 Å². The van der Waals surface area contributed by atoms with E-state index in [1.54, 1.807) is 0 Å². The van der Waals surface area contributed by atoms with Crippen LogP contribution in [0.25, 0.3) is 0 Å². The molecular formula is C11H18IN3. The van der Waals surface area contributed by atoms with Crippen LogP contribution in [0.5, 0.6) is 0 Å². The SMILES string of the molecule is CCCc1nc(NC)c(I)c(C(C)C)n1. The standard InChI is InChI=1S/C11H18IN3/c1-5-6-8-14-10(7(2)3)9(12)11(13-4)15-8/h7H,5-6H2,1-4H3,(H,13,14,15). The summed E-state index contributed by atoms with van der Waals surface area (Å²) >= 11 is 2.31. The van der Waals surface area contributed by atoms with Crippen molar-refractivity contribution in [3.63, 3.8) is 0 Å². The first kappa shape index (κ1) is 12.7. The Labute approximate surface area is 105 Å². The second kappa shape index (κ2) is 5.63. The number of rotatable bonds is 4. The summed E-state index contributed by atoms with van der Waals surface area (Å²) in [4.78, 5) is 9.11. The molecule has 3 nitrogen and oxygen atoms in total. The fourth-order valence-corrected chi connectivity index (χ4v) is 2.53. The highest BCUT2D eigenvalue weighted by molar-refractivity contribution is 14.1. The maximum atomic E-state index is 4.61. The minimum atomic E-state index is 0.447. The van der Waals surface area contributed by atoms with Gasteiger partial charge in [0.15, 0.2) is 0 Å². The second-order valence-corrected chi connectivity index (χ2v) is 4.92. The Balaban J connectivity index is 3.19. The molecule has 0 aliphatic carbocycles. The molecule has 0 aromatic carbocycles. The molecule has 0 aliphatic rings. The van der Waals surface area contributed by atoms with Crippen molar-refractivity contribution in [2.45, 2.75) is 39.5 Å². The number of aryl methyl sites for hydroxylation is 1. The number of halogens is 1. The van der Waals surface area contributed by atoms with Crippen LogP contribution in [0.1, 0.15) is 44.6 Å². The second-order valence-electron chi connectivity index (χ2n) is 3.84. The van der Waals surface area contributed by atoms with E-state index in [9.17, 15) is 0 Å². The summed E-state index contributed by atoms with van der Waals surface area (Å²) in [5.41, 5.74) is 1.15. The number of aromatic nitrogens is 2. The van der Waals surface area contributed by atoms with Crippen molar-refractivity contribution in [1.29, 1.82) is 0 Å². The van der Waals surface area contributed by atoms with Gasteiger partial charge in [-0.15, -0.1) is 0 Å². The van der Waals surface area contributed by atoms with Gasteiger partial charge in [0.25, 0.3) is 0 Å². The number of hydrogen-bond donors (Lipinski definition) is 1. The molecule has 1 aromatic heterocycles. The third-order valence-electron chi connectivity index (χ3n) is 2.18. The number of nitrogens with one attached hydrogen (secondary N) is 1. The third kappa shape index (κ3) is 3.03. The summed E-state index contributed by atoms with van der Waals surface area (Å²) in [5, 5.41) is 3.13. The Kier molecular flexibility index (Phi) is 4.76. The fraction of sp³-hybridized carbons (Fsp3) is 0.636. The van der Waals surface area contributed by atoms with Crippen LogP contribution in [-0.2, 0) is 6.42 Å². The lowest BCUT2D eigenvalue weighted by Crippen LogP contribution is -2.08. The zero-order chi connectivity index (χ0) is 11.4. The molecule has 0 amide bonds. The van der Waals surface area contributed by atoms with E-state index in [1.807, 2.05) is 7.05 Å². The lowest BCUT2D eigenvalue weighted by atomic mass is 10.1. The largest absolute Gasteiger partial charge is 0.372 e. The summed E-state index contributed by atoms with van der Waals surface area (Å²) in [5.74, 6) is 2.35. The van der Waals surface area contributed by atoms with Crippen molar-refractivity contribution >= 4 is 28.4 Å². The molecule has 0 bridgehead atoms. The van der Waals surface area contributed by atoms with Gasteiger partial charge in [-0.1, -0.05) is 20.8 Å². The van der Waals surface area contributed by atoms with Gasteiger partial charge >= 0.3 is 0 Å². The van der Waals surface area contributed by atoms with Crippen LogP contribution in [0.2, 0.25) is 0 Å². The molecule has 4 heteroatoms. The quantitative estimate of drug-likeness (QED) is 0.866. The van der Waals surface area contributed by atoms with Crippen molar-refractivity contribution in [3.8, 4) is 0 Å². The molecule has 0 saturated carbocycles. The number of hydrogen-bond acceptors (Lipinski definition) is 3. The zero-order valence-electron chi connectivity index (χ0n) is 9.76. The van der Waals surface area contributed by atoms with E-state index in [4.69, 9.17) is 0 Å². The third-order valence-corrected chi connectivity index (χ3v) is 3.24. The van der Waals surface area contributed by atoms with Gasteiger partial charge in [0.1, 0.15) is 11.6 Å². The Hall–Kier alpha value is -0.390. The van der Waals surface area contributed by atoms with E-state index in [1.165, 1.54) is 0 Å². The minimum absolute atomic E-state index is 0.447. The van der Waals surface area contributed by atoms with E-state index in [0.29, 0.717) is 5.92 Å². The molecule has 15 heavy (non-hydrogen) atoms. The molecule has 1 N–H and O–H groups in total. The smallest absolute Gasteiger partial charge is 0.143 e. The van der Waals surface area contributed by atoms with Crippen LogP contribution in [0.3, 0.4) is 0 Å². The summed E-state index contributed by atoms with van der Waals surface area (Å²) in [6.45, 7) is 6.48. The zero-order valence-corrected chi connectivity index (χ0v) is 11.9. The first-order chi connectivity index (χ1) is 7.10. The molecule has 1 aromatic rings. The van der Waals surface area contributed by atoms with Crippen LogP contribution < -0.4 is 5.32 Å². The Bertz CT molecular complexity index is 337. The van der Waals surface area contributed by atoms with E-state index >= 15 is 0 Å². The topological polar surface area (TPSA) is 37.8 Å². The van der Waals surface area contributed by atoms with Crippen LogP contribution in [0, 0.1) is 3.57 Å². The van der Waals surface area contributed by atoms with E-state index < -0.39 is 0 Å². The van der Waals surface area contributed by atoms with Gasteiger partial charge in [-0.25, -0.2) is 9.97 Å². The van der Waals surface area contributed by atoms with Crippen LogP contribution in [0.4, 0.5) is 5.82 Å². The van der Waals surface area contributed by atoms with Crippen molar-refractivity contribution < 1.29 is 0 Å². The predicted molar refractivity (Wildman–Crippen MR) is 72.4 cm³/mol. The molecule has 0 saturated heterocycles. The van der Waals surface area contributed by atoms with Crippen molar-refractivity contribution in [2.75, 3.05) is 12.4 Å². The predicted octanol–water partition coefficient (Wildman–Crippen LogP) is 3.20. The van der Waals surface area contributed by atoms with Crippen LogP contribution in [-0.4, -0.2) is 17.0 Å². The van der Waals surface area contributed by atoms with Gasteiger partial charge in [-0.05, 0) is 34.9 Å². The maximum Gasteiger partial charge on any atom is 0.143 e. The summed E-state index contributed by atoms with van der Waals surface area (Å²) in [6, 6.07) is 0. The van der Waals surface area contributed by atoms with Gasteiger partial charge in [0.2, 0.25) is 0 Å². The van der Waals surface area contributed by atoms with Gasteiger partial charge < -0.3 is 5.32 Å². The normalized spacial score (nSPS) is 10.8. The fourth-order valence-electron chi connectivity index (χ4n) is 1.40. The van der Waals surface area contributed by atoms with Crippen LogP contribution in [0.15, 0.2) is 0 Å². The highest BCUT2D eigenvalue weighted by Crippen LogP contribution is 2.24. The number of anilines is 1. The van der Waals surface area contributed by atoms with Gasteiger partial charge in [-0.3, -0.25) is 0 Å². The molecule has 0 unspecified atom stereocenters. The molecule has 0 radical (unpaired) electrons. The molecule has 0 atom stereocenters. The Morgan fingerprint density at radius 3 is 2.47 bits per heavy atom. The molecule has 0 aliphatic heterocycles. The van der Waals surface area contributed by atoms with E-state index in [2.05, 4.69) is 58.6 Å². The van der Waals surface area contributed by atoms with Crippen molar-refractivity contribution in [3.05, 3.63) is 15.1 Å². The van der Waals surface area contributed by atoms with E-state index in [-0.39, 0.29) is 0 Å². The Morgan fingerprint density at radius 1 is 1.33 bits per heavy atom. The first-order valence-electron chi connectivity index (χ1n) is 5.34. The lowest BCUT2D eigenvalue weighted by Gasteiger charge is -2.12. The highest BCUT2D eigenvalue weighted by atomic mass is 127. The molecular weight excluding hydrogens is 301 g/mol. The maximum absolute atomic E-state index is 4.61. The summed E-state index contributed by atoms with van der Waals surface area (Å²) in [7, 11) is 1.91. The Morgan fingerprint density at radius 2 is 2.00 bits per heavy atom. The minimum Gasteiger partial charge on any atom is -0.372 e. The average Bonchev–Trinajstić information content (AvgIpc) is 2.20. The van der Waals surface area contributed by atoms with Gasteiger partial charge in [-0.2, -0.15) is 0 Å². The van der Waals surface area contributed by atoms with Gasteiger partial charge in [0, 0.05) is 13.5 Å². The highest BCUT2D eigenvalue weighted by Gasteiger charge is 2.13. The first-order valence-corrected chi connectivity index (χ1v) is 6.42. The summed E-state index contributed by atoms with van der Waals surface area (Å²) < 4.78 is 1.14. The monoisotopic (exact) mass is 319 g/mol. The van der Waals surface area contributed by atoms with Gasteiger partial charge in [0.05, 0.1) is 9.26 Å². The molecule has 84 valence electrons. The molecule has 1 rings (SSSR count). The summed E-state index contributed by atoms with van der Waals surface area (Å²) in [6.07, 6.45) is 2.03. The van der Waals surface area contributed by atoms with Crippen LogP contribution >= 0.6 is 22.6 Å². The lowest BCUT2D eigenvalue weighted by molar-refractivity contribution is 0.758. The molecule has 0 fully saturated rings. The average molecular weight is 319 g/mol. The molecule has 0 spiro atoms. The molecule has 1 heterocycles.